The van der Waals surface area contributed by atoms with Crippen LogP contribution in [0.1, 0.15) is 30.4 Å². The molecule has 2 aromatic carbocycles. The third kappa shape index (κ3) is 10.7. The van der Waals surface area contributed by atoms with Crippen LogP contribution in [0.4, 0.5) is 0 Å². The monoisotopic (exact) mass is 513 g/mol. The maximum atomic E-state index is 13.3. The summed E-state index contributed by atoms with van der Waals surface area (Å²) < 4.78 is 0. The maximum absolute atomic E-state index is 13.3. The summed E-state index contributed by atoms with van der Waals surface area (Å²) in [5.74, 6) is -3.01. The second kappa shape index (κ2) is 15.2. The number of hydrogen-bond donors (Lipinski definition) is 7. The van der Waals surface area contributed by atoms with Crippen LogP contribution in [-0.2, 0) is 32.0 Å². The molecule has 0 heterocycles. The van der Waals surface area contributed by atoms with E-state index < -0.39 is 48.4 Å². The van der Waals surface area contributed by atoms with Crippen molar-refractivity contribution in [1.29, 1.82) is 0 Å². The van der Waals surface area contributed by atoms with Gasteiger partial charge in [0, 0.05) is 12.8 Å². The molecule has 9 N–H and O–H groups in total. The molecule has 0 aliphatic heterocycles. The number of aliphatic carboxylic acids is 1. The summed E-state index contributed by atoms with van der Waals surface area (Å²) in [6.07, 6.45) is 1.94. The first-order valence-corrected chi connectivity index (χ1v) is 12.1. The molecule has 2 aromatic rings. The highest BCUT2D eigenvalue weighted by Crippen LogP contribution is 2.12. The number of hydrogen-bond acceptors (Lipinski definition) is 7. The summed E-state index contributed by atoms with van der Waals surface area (Å²) in [6, 6.07) is 12.1. The third-order valence-corrected chi connectivity index (χ3v) is 5.64. The molecule has 0 saturated heterocycles. The molecule has 0 bridgehead atoms. The number of aromatic hydroxyl groups is 1. The Labute approximate surface area is 215 Å². The number of phenolic OH excluding ortho intramolecular Hbond substituents is 1. The van der Waals surface area contributed by atoms with Gasteiger partial charge in [0.15, 0.2) is 0 Å². The van der Waals surface area contributed by atoms with Crippen LogP contribution >= 0.6 is 0 Å². The molecule has 0 fully saturated rings. The van der Waals surface area contributed by atoms with Crippen LogP contribution in [0.2, 0.25) is 0 Å². The number of unbranched alkanes of at least 4 members (excludes halogenated alkanes) is 1. The van der Waals surface area contributed by atoms with Gasteiger partial charge in [-0.25, -0.2) is 0 Å². The topological polar surface area (TPSA) is 197 Å². The molecule has 2 rings (SSSR count). The predicted molar refractivity (Wildman–Crippen MR) is 137 cm³/mol. The molecule has 3 unspecified atom stereocenters. The summed E-state index contributed by atoms with van der Waals surface area (Å²) in [5.41, 5.74) is 12.9. The van der Waals surface area contributed by atoms with E-state index in [1.165, 1.54) is 12.1 Å². The molecule has 11 nitrogen and oxygen atoms in total. The predicted octanol–water partition coefficient (Wildman–Crippen LogP) is -0.196. The minimum Gasteiger partial charge on any atom is -0.508 e. The quantitative estimate of drug-likeness (QED) is 0.159. The Balaban J connectivity index is 2.21. The number of nitrogens with one attached hydrogen (secondary N) is 3. The maximum Gasteiger partial charge on any atom is 0.322 e. The van der Waals surface area contributed by atoms with E-state index in [9.17, 15) is 24.3 Å². The minimum atomic E-state index is -1.22. The smallest absolute Gasteiger partial charge is 0.322 e. The zero-order chi connectivity index (χ0) is 27.2. The van der Waals surface area contributed by atoms with Crippen LogP contribution in [-0.4, -0.2) is 65.1 Å². The van der Waals surface area contributed by atoms with Crippen molar-refractivity contribution in [1.82, 2.24) is 16.0 Å². The number of rotatable bonds is 15. The lowest BCUT2D eigenvalue weighted by atomic mass is 10.0. The second-order valence-corrected chi connectivity index (χ2v) is 8.69. The Morgan fingerprint density at radius 1 is 0.784 bits per heavy atom. The van der Waals surface area contributed by atoms with E-state index in [2.05, 4.69) is 16.0 Å². The minimum absolute atomic E-state index is 0.0498. The average Bonchev–Trinajstić information content (AvgIpc) is 2.88. The summed E-state index contributed by atoms with van der Waals surface area (Å²) in [6.45, 7) is -0.127. The van der Waals surface area contributed by atoms with Crippen LogP contribution < -0.4 is 27.4 Å². The summed E-state index contributed by atoms with van der Waals surface area (Å²) in [7, 11) is 0. The van der Waals surface area contributed by atoms with Gasteiger partial charge < -0.3 is 37.6 Å². The van der Waals surface area contributed by atoms with Gasteiger partial charge in [-0.3, -0.25) is 19.2 Å². The fourth-order valence-corrected chi connectivity index (χ4v) is 3.61. The molecular weight excluding hydrogens is 478 g/mol. The Bertz CT molecular complexity index is 1030. The Morgan fingerprint density at radius 3 is 1.95 bits per heavy atom. The molecule has 0 aliphatic carbocycles. The fourth-order valence-electron chi connectivity index (χ4n) is 3.61. The molecular formula is C26H35N5O6. The number of phenols is 1. The van der Waals surface area contributed by atoms with E-state index >= 15 is 0 Å². The zero-order valence-corrected chi connectivity index (χ0v) is 20.6. The summed E-state index contributed by atoms with van der Waals surface area (Å²) in [4.78, 5) is 49.8. The largest absolute Gasteiger partial charge is 0.508 e. The normalized spacial score (nSPS) is 13.1. The van der Waals surface area contributed by atoms with Crippen molar-refractivity contribution in [2.24, 2.45) is 11.5 Å². The lowest BCUT2D eigenvalue weighted by Gasteiger charge is -2.24. The van der Waals surface area contributed by atoms with Crippen LogP contribution in [0.3, 0.4) is 0 Å². The Hall–Kier alpha value is -3.96. The molecule has 0 saturated carbocycles. The molecule has 0 spiro atoms. The fraction of sp³-hybridized carbons (Fsp3) is 0.385. The van der Waals surface area contributed by atoms with Gasteiger partial charge >= 0.3 is 5.97 Å². The van der Waals surface area contributed by atoms with Crippen molar-refractivity contribution in [3.8, 4) is 5.75 Å². The van der Waals surface area contributed by atoms with Crippen molar-refractivity contribution in [3.05, 3.63) is 65.7 Å². The average molecular weight is 514 g/mol. The molecule has 0 aromatic heterocycles. The van der Waals surface area contributed by atoms with Crippen LogP contribution in [0, 0.1) is 0 Å². The van der Waals surface area contributed by atoms with E-state index in [0.717, 1.165) is 5.56 Å². The van der Waals surface area contributed by atoms with Gasteiger partial charge in [-0.05, 0) is 42.6 Å². The lowest BCUT2D eigenvalue weighted by Crippen LogP contribution is -2.57. The van der Waals surface area contributed by atoms with Crippen molar-refractivity contribution in [2.75, 3.05) is 13.1 Å². The zero-order valence-electron chi connectivity index (χ0n) is 20.6. The number of carboxylic acid groups (broad SMARTS) is 1. The standard InChI is InChI=1S/C26H35N5O6/c27-13-5-4-8-20(28)24(35)30-22(15-18-9-11-19(32)12-10-18)26(37)31-21(25(36)29-16-23(33)34)14-17-6-2-1-3-7-17/h1-3,6-7,9-12,20-22,32H,4-5,8,13-16,27-28H2,(H,29,36)(H,30,35)(H,31,37)(H,33,34). The highest BCUT2D eigenvalue weighted by molar-refractivity contribution is 5.94. The second-order valence-electron chi connectivity index (χ2n) is 8.69. The first-order valence-electron chi connectivity index (χ1n) is 12.1. The van der Waals surface area contributed by atoms with E-state index in [0.29, 0.717) is 31.4 Å². The molecule has 200 valence electrons. The van der Waals surface area contributed by atoms with Gasteiger partial charge in [-0.1, -0.05) is 48.9 Å². The molecule has 11 heteroatoms. The summed E-state index contributed by atoms with van der Waals surface area (Å²) >= 11 is 0. The Morgan fingerprint density at radius 2 is 1.35 bits per heavy atom. The van der Waals surface area contributed by atoms with E-state index in [4.69, 9.17) is 16.6 Å². The van der Waals surface area contributed by atoms with Crippen LogP contribution in [0.5, 0.6) is 5.75 Å². The Kier molecular flexibility index (Phi) is 12.0. The van der Waals surface area contributed by atoms with Gasteiger partial charge in [-0.15, -0.1) is 0 Å². The number of amides is 3. The number of nitrogens with two attached hydrogens (primary N) is 2. The van der Waals surface area contributed by atoms with Gasteiger partial charge in [0.1, 0.15) is 24.4 Å². The van der Waals surface area contributed by atoms with E-state index in [-0.39, 0.29) is 18.6 Å². The molecule has 37 heavy (non-hydrogen) atoms. The van der Waals surface area contributed by atoms with E-state index in [1.807, 2.05) is 6.07 Å². The third-order valence-electron chi connectivity index (χ3n) is 5.64. The SMILES string of the molecule is NCCCCC(N)C(=O)NC(Cc1ccc(O)cc1)C(=O)NC(Cc1ccccc1)C(=O)NCC(=O)O. The van der Waals surface area contributed by atoms with Gasteiger partial charge in [0.05, 0.1) is 6.04 Å². The number of carboxylic acids is 1. The highest BCUT2D eigenvalue weighted by atomic mass is 16.4. The van der Waals surface area contributed by atoms with E-state index in [1.54, 1.807) is 36.4 Å². The highest BCUT2D eigenvalue weighted by Gasteiger charge is 2.28. The number of benzene rings is 2. The molecule has 3 amide bonds. The van der Waals surface area contributed by atoms with Crippen LogP contribution in [0.15, 0.2) is 54.6 Å². The summed E-state index contributed by atoms with van der Waals surface area (Å²) in [5, 5.41) is 26.1. The van der Waals surface area contributed by atoms with Crippen molar-refractivity contribution >= 4 is 23.7 Å². The van der Waals surface area contributed by atoms with Crippen molar-refractivity contribution < 1.29 is 29.4 Å². The van der Waals surface area contributed by atoms with Crippen molar-refractivity contribution in [2.45, 2.75) is 50.2 Å². The van der Waals surface area contributed by atoms with Crippen LogP contribution in [0.25, 0.3) is 0 Å². The van der Waals surface area contributed by atoms with Crippen molar-refractivity contribution in [3.63, 3.8) is 0 Å². The van der Waals surface area contributed by atoms with Gasteiger partial charge in [0.25, 0.3) is 0 Å². The first-order chi connectivity index (χ1) is 17.7. The number of carbonyl (C=O) groups excluding carboxylic acids is 3. The number of carbonyl (C=O) groups is 4. The molecule has 0 radical (unpaired) electrons. The molecule has 0 aliphatic rings. The first kappa shape index (κ1) is 29.3. The lowest BCUT2D eigenvalue weighted by molar-refractivity contribution is -0.138. The molecule has 3 atom stereocenters. The van der Waals surface area contributed by atoms with Gasteiger partial charge in [0.2, 0.25) is 17.7 Å². The van der Waals surface area contributed by atoms with Gasteiger partial charge in [-0.2, -0.15) is 0 Å².